The van der Waals surface area contributed by atoms with Gasteiger partial charge in [-0.3, -0.25) is 4.79 Å². The number of nitrogens with zero attached hydrogens (tertiary/aromatic N) is 1. The number of methoxy groups -OCH3 is 1. The number of halogens is 2. The van der Waals surface area contributed by atoms with E-state index in [0.29, 0.717) is 30.0 Å². The van der Waals surface area contributed by atoms with Crippen molar-refractivity contribution in [2.45, 2.75) is 18.6 Å². The van der Waals surface area contributed by atoms with Gasteiger partial charge < -0.3 is 19.7 Å². The molecule has 1 N–H and O–H groups in total. The zero-order chi connectivity index (χ0) is 19.0. The van der Waals surface area contributed by atoms with Crippen molar-refractivity contribution >= 4 is 11.6 Å². The molecule has 2 aliphatic rings. The molecular weight excluding hydrogens is 354 g/mol. The van der Waals surface area contributed by atoms with Crippen LogP contribution in [0.5, 0.6) is 5.75 Å². The normalized spacial score (nSPS) is 22.5. The first kappa shape index (κ1) is 17.9. The Kier molecular flexibility index (Phi) is 4.80. The molecule has 2 aliphatic heterocycles. The molecule has 27 heavy (non-hydrogen) atoms. The summed E-state index contributed by atoms with van der Waals surface area (Å²) in [5.74, 6) is -0.852. The third kappa shape index (κ3) is 3.28. The summed E-state index contributed by atoms with van der Waals surface area (Å²) in [6, 6.07) is 8.34. The Bertz CT molecular complexity index is 874. The SMILES string of the molecule is COc1cc(-c2cccc(F)c2)c(F)cc1N1C(=O)COC2CNCCC21. The number of benzene rings is 2. The Morgan fingerprint density at radius 3 is 2.89 bits per heavy atom. The lowest BCUT2D eigenvalue weighted by atomic mass is 9.97. The number of amides is 1. The topological polar surface area (TPSA) is 50.8 Å². The molecule has 0 aromatic heterocycles. The maximum atomic E-state index is 14.9. The van der Waals surface area contributed by atoms with Gasteiger partial charge in [0.15, 0.2) is 0 Å². The van der Waals surface area contributed by atoms with Crippen molar-refractivity contribution in [3.63, 3.8) is 0 Å². The Morgan fingerprint density at radius 2 is 2.11 bits per heavy atom. The number of hydrogen-bond acceptors (Lipinski definition) is 4. The lowest BCUT2D eigenvalue weighted by molar-refractivity contribution is -0.133. The summed E-state index contributed by atoms with van der Waals surface area (Å²) >= 11 is 0. The van der Waals surface area contributed by atoms with Crippen LogP contribution in [0.4, 0.5) is 14.5 Å². The molecule has 0 spiro atoms. The van der Waals surface area contributed by atoms with Gasteiger partial charge in [0.25, 0.3) is 5.91 Å². The van der Waals surface area contributed by atoms with Crippen LogP contribution < -0.4 is 15.0 Å². The molecule has 2 atom stereocenters. The molecule has 2 unspecified atom stereocenters. The number of ether oxygens (including phenoxy) is 2. The van der Waals surface area contributed by atoms with Crippen molar-refractivity contribution in [1.29, 1.82) is 0 Å². The molecule has 2 saturated heterocycles. The highest BCUT2D eigenvalue weighted by Gasteiger charge is 2.40. The summed E-state index contributed by atoms with van der Waals surface area (Å²) in [6.45, 7) is 1.33. The van der Waals surface area contributed by atoms with Crippen molar-refractivity contribution in [2.75, 3.05) is 31.7 Å². The van der Waals surface area contributed by atoms with Crippen LogP contribution in [-0.4, -0.2) is 44.9 Å². The second-order valence-electron chi connectivity index (χ2n) is 6.69. The molecule has 7 heteroatoms. The van der Waals surface area contributed by atoms with Gasteiger partial charge in [0, 0.05) is 18.2 Å². The summed E-state index contributed by atoms with van der Waals surface area (Å²) < 4.78 is 39.6. The highest BCUT2D eigenvalue weighted by atomic mass is 19.1. The Hall–Kier alpha value is -2.51. The van der Waals surface area contributed by atoms with Gasteiger partial charge in [-0.05, 0) is 36.7 Å². The zero-order valence-corrected chi connectivity index (χ0v) is 14.9. The van der Waals surface area contributed by atoms with Crippen LogP contribution in [0.3, 0.4) is 0 Å². The van der Waals surface area contributed by atoms with Crippen LogP contribution >= 0.6 is 0 Å². The lowest BCUT2D eigenvalue weighted by Gasteiger charge is -2.44. The van der Waals surface area contributed by atoms with E-state index >= 15 is 0 Å². The zero-order valence-electron chi connectivity index (χ0n) is 14.9. The van der Waals surface area contributed by atoms with Gasteiger partial charge in [-0.15, -0.1) is 0 Å². The third-order valence-electron chi connectivity index (χ3n) is 5.08. The molecule has 2 heterocycles. The Balaban J connectivity index is 1.78. The van der Waals surface area contributed by atoms with Crippen molar-refractivity contribution < 1.29 is 23.0 Å². The van der Waals surface area contributed by atoms with E-state index in [9.17, 15) is 13.6 Å². The molecular formula is C20H20F2N2O3. The molecule has 1 amide bonds. The van der Waals surface area contributed by atoms with Gasteiger partial charge in [0.05, 0.1) is 24.9 Å². The third-order valence-corrected chi connectivity index (χ3v) is 5.08. The first-order chi connectivity index (χ1) is 13.1. The summed E-state index contributed by atoms with van der Waals surface area (Å²) in [4.78, 5) is 14.2. The van der Waals surface area contributed by atoms with E-state index in [1.165, 1.54) is 37.4 Å². The number of piperidine rings is 1. The quantitative estimate of drug-likeness (QED) is 0.898. The summed E-state index contributed by atoms with van der Waals surface area (Å²) in [5, 5.41) is 3.24. The van der Waals surface area contributed by atoms with Crippen LogP contribution in [0.15, 0.2) is 36.4 Å². The monoisotopic (exact) mass is 374 g/mol. The van der Waals surface area contributed by atoms with Gasteiger partial charge in [0.2, 0.25) is 0 Å². The molecule has 2 aromatic rings. The van der Waals surface area contributed by atoms with E-state index in [1.807, 2.05) is 0 Å². The van der Waals surface area contributed by atoms with E-state index in [-0.39, 0.29) is 30.2 Å². The summed E-state index contributed by atoms with van der Waals surface area (Å²) in [5.41, 5.74) is 1.00. The summed E-state index contributed by atoms with van der Waals surface area (Å²) in [7, 11) is 1.47. The van der Waals surface area contributed by atoms with Gasteiger partial charge in [0.1, 0.15) is 24.0 Å². The number of fused-ring (bicyclic) bond motifs is 1. The Labute approximate surface area is 155 Å². The molecule has 5 nitrogen and oxygen atoms in total. The largest absolute Gasteiger partial charge is 0.495 e. The van der Waals surface area contributed by atoms with Crippen LogP contribution in [0.25, 0.3) is 11.1 Å². The first-order valence-corrected chi connectivity index (χ1v) is 8.86. The maximum Gasteiger partial charge on any atom is 0.253 e. The van der Waals surface area contributed by atoms with Crippen LogP contribution in [0.2, 0.25) is 0 Å². The molecule has 0 bridgehead atoms. The average Bonchev–Trinajstić information content (AvgIpc) is 2.68. The lowest BCUT2D eigenvalue weighted by Crippen LogP contribution is -2.61. The van der Waals surface area contributed by atoms with E-state index in [1.54, 1.807) is 11.0 Å². The number of rotatable bonds is 3. The number of nitrogens with one attached hydrogen (secondary N) is 1. The molecule has 2 fully saturated rings. The highest BCUT2D eigenvalue weighted by Crippen LogP contribution is 2.39. The van der Waals surface area contributed by atoms with E-state index < -0.39 is 11.6 Å². The van der Waals surface area contributed by atoms with Crippen LogP contribution in [0.1, 0.15) is 6.42 Å². The van der Waals surface area contributed by atoms with Crippen molar-refractivity contribution in [3.8, 4) is 16.9 Å². The van der Waals surface area contributed by atoms with Crippen LogP contribution in [0, 0.1) is 11.6 Å². The number of carbonyl (C=O) groups is 1. The molecule has 0 saturated carbocycles. The van der Waals surface area contributed by atoms with Gasteiger partial charge in [-0.1, -0.05) is 12.1 Å². The molecule has 0 aliphatic carbocycles. The fourth-order valence-electron chi connectivity index (χ4n) is 3.80. The predicted octanol–water partition coefficient (Wildman–Crippen LogP) is 2.73. The molecule has 0 radical (unpaired) electrons. The number of hydrogen-bond donors (Lipinski definition) is 1. The molecule has 142 valence electrons. The second kappa shape index (κ2) is 7.25. The van der Waals surface area contributed by atoms with Gasteiger partial charge >= 0.3 is 0 Å². The van der Waals surface area contributed by atoms with Crippen LogP contribution in [-0.2, 0) is 9.53 Å². The van der Waals surface area contributed by atoms with E-state index in [0.717, 1.165) is 6.54 Å². The minimum absolute atomic E-state index is 0.0563. The first-order valence-electron chi connectivity index (χ1n) is 8.86. The van der Waals surface area contributed by atoms with E-state index in [2.05, 4.69) is 5.32 Å². The number of carbonyl (C=O) groups excluding carboxylic acids is 1. The van der Waals surface area contributed by atoms with Crippen molar-refractivity contribution in [2.24, 2.45) is 0 Å². The fraction of sp³-hybridized carbons (Fsp3) is 0.350. The number of morpholine rings is 1. The maximum absolute atomic E-state index is 14.9. The standard InChI is InChI=1S/C20H20F2N2O3/c1-26-18-8-14(12-3-2-4-13(21)7-12)15(22)9-17(18)24-16-5-6-23-10-19(16)27-11-20(24)25/h2-4,7-9,16,19,23H,5-6,10-11H2,1H3. The molecule has 2 aromatic carbocycles. The van der Waals surface area contributed by atoms with Crippen molar-refractivity contribution in [3.05, 3.63) is 48.0 Å². The second-order valence-corrected chi connectivity index (χ2v) is 6.69. The fourth-order valence-corrected chi connectivity index (χ4v) is 3.80. The minimum Gasteiger partial charge on any atom is -0.495 e. The smallest absolute Gasteiger partial charge is 0.253 e. The minimum atomic E-state index is -0.541. The molecule has 4 rings (SSSR count). The Morgan fingerprint density at radius 1 is 1.26 bits per heavy atom. The average molecular weight is 374 g/mol. The van der Waals surface area contributed by atoms with Gasteiger partial charge in [-0.25, -0.2) is 8.78 Å². The van der Waals surface area contributed by atoms with E-state index in [4.69, 9.17) is 9.47 Å². The predicted molar refractivity (Wildman–Crippen MR) is 96.8 cm³/mol. The number of anilines is 1. The highest BCUT2D eigenvalue weighted by molar-refractivity contribution is 5.97. The summed E-state index contributed by atoms with van der Waals surface area (Å²) in [6.07, 6.45) is 0.555. The van der Waals surface area contributed by atoms with Crippen molar-refractivity contribution in [1.82, 2.24) is 5.32 Å². The van der Waals surface area contributed by atoms with Gasteiger partial charge in [-0.2, -0.15) is 0 Å².